The number of nitro benzene ring substituents is 1. The predicted octanol–water partition coefficient (Wildman–Crippen LogP) is 2.94. The number of esters is 1. The van der Waals surface area contributed by atoms with Gasteiger partial charge < -0.3 is 19.5 Å². The quantitative estimate of drug-likeness (QED) is 0.399. The fourth-order valence-electron chi connectivity index (χ4n) is 2.18. The SMILES string of the molecule is CCOc1ccccc1NC(=O)[C@H](C)OC(=O)COc1ccc([N+](=O)[O-])cc1. The van der Waals surface area contributed by atoms with Gasteiger partial charge in [-0.2, -0.15) is 0 Å². The number of amides is 1. The van der Waals surface area contributed by atoms with Gasteiger partial charge in [-0.3, -0.25) is 14.9 Å². The number of carbonyl (C=O) groups is 2. The molecule has 0 aliphatic heterocycles. The van der Waals surface area contributed by atoms with Gasteiger partial charge in [0.25, 0.3) is 11.6 Å². The summed E-state index contributed by atoms with van der Waals surface area (Å²) in [6, 6.07) is 12.2. The first-order valence-electron chi connectivity index (χ1n) is 8.50. The zero-order valence-corrected chi connectivity index (χ0v) is 15.4. The molecule has 0 saturated heterocycles. The molecule has 0 fully saturated rings. The third-order valence-corrected chi connectivity index (χ3v) is 3.53. The van der Waals surface area contributed by atoms with Crippen molar-refractivity contribution in [2.24, 2.45) is 0 Å². The number of hydrogen-bond acceptors (Lipinski definition) is 7. The third kappa shape index (κ3) is 5.97. The van der Waals surface area contributed by atoms with E-state index in [-0.39, 0.29) is 11.4 Å². The molecule has 0 saturated carbocycles. The number of nitro groups is 1. The van der Waals surface area contributed by atoms with E-state index in [2.05, 4.69) is 5.32 Å². The Morgan fingerprint density at radius 3 is 2.43 bits per heavy atom. The van der Waals surface area contributed by atoms with Gasteiger partial charge >= 0.3 is 5.97 Å². The molecule has 0 aromatic heterocycles. The Bertz CT molecular complexity index is 836. The third-order valence-electron chi connectivity index (χ3n) is 3.53. The van der Waals surface area contributed by atoms with Crippen molar-refractivity contribution in [2.75, 3.05) is 18.5 Å². The minimum Gasteiger partial charge on any atom is -0.492 e. The minimum absolute atomic E-state index is 0.0902. The van der Waals surface area contributed by atoms with Crippen LogP contribution in [0.25, 0.3) is 0 Å². The van der Waals surface area contributed by atoms with Crippen LogP contribution >= 0.6 is 0 Å². The molecule has 1 amide bonds. The van der Waals surface area contributed by atoms with Crippen LogP contribution in [0.2, 0.25) is 0 Å². The first-order valence-corrected chi connectivity index (χ1v) is 8.50. The number of nitrogens with zero attached hydrogens (tertiary/aromatic N) is 1. The van der Waals surface area contributed by atoms with Crippen molar-refractivity contribution in [3.8, 4) is 11.5 Å². The molecule has 2 rings (SSSR count). The maximum Gasteiger partial charge on any atom is 0.344 e. The summed E-state index contributed by atoms with van der Waals surface area (Å²) >= 11 is 0. The number of nitrogens with one attached hydrogen (secondary N) is 1. The van der Waals surface area contributed by atoms with Crippen LogP contribution in [0.4, 0.5) is 11.4 Å². The second-order valence-corrected chi connectivity index (χ2v) is 5.59. The largest absolute Gasteiger partial charge is 0.492 e. The number of anilines is 1. The summed E-state index contributed by atoms with van der Waals surface area (Å²) in [7, 11) is 0. The van der Waals surface area contributed by atoms with Gasteiger partial charge in [0.2, 0.25) is 0 Å². The number of hydrogen-bond donors (Lipinski definition) is 1. The molecule has 9 heteroatoms. The molecule has 0 bridgehead atoms. The van der Waals surface area contributed by atoms with E-state index in [1.165, 1.54) is 31.2 Å². The molecular weight excluding hydrogens is 368 g/mol. The van der Waals surface area contributed by atoms with E-state index in [0.717, 1.165) is 0 Å². The van der Waals surface area contributed by atoms with Crippen molar-refractivity contribution in [3.05, 3.63) is 58.6 Å². The van der Waals surface area contributed by atoms with Gasteiger partial charge in [-0.05, 0) is 38.1 Å². The summed E-state index contributed by atoms with van der Waals surface area (Å²) in [6.45, 7) is 3.26. The average Bonchev–Trinajstić information content (AvgIpc) is 2.68. The smallest absolute Gasteiger partial charge is 0.344 e. The van der Waals surface area contributed by atoms with Crippen molar-refractivity contribution in [2.45, 2.75) is 20.0 Å². The Morgan fingerprint density at radius 2 is 1.79 bits per heavy atom. The van der Waals surface area contributed by atoms with E-state index in [9.17, 15) is 19.7 Å². The van der Waals surface area contributed by atoms with Crippen molar-refractivity contribution in [1.82, 2.24) is 0 Å². The van der Waals surface area contributed by atoms with Gasteiger partial charge in [0.1, 0.15) is 11.5 Å². The van der Waals surface area contributed by atoms with Crippen LogP contribution in [0.3, 0.4) is 0 Å². The molecule has 1 atom stereocenters. The molecule has 148 valence electrons. The Hall–Kier alpha value is -3.62. The highest BCUT2D eigenvalue weighted by Crippen LogP contribution is 2.24. The molecule has 2 aromatic rings. The molecule has 2 aromatic carbocycles. The molecule has 0 heterocycles. The first-order chi connectivity index (χ1) is 13.4. The predicted molar refractivity (Wildman–Crippen MR) is 100 cm³/mol. The van der Waals surface area contributed by atoms with Crippen molar-refractivity contribution in [1.29, 1.82) is 0 Å². The molecule has 1 N–H and O–H groups in total. The van der Waals surface area contributed by atoms with Crippen molar-refractivity contribution < 1.29 is 28.7 Å². The van der Waals surface area contributed by atoms with Crippen LogP contribution in [-0.4, -0.2) is 36.1 Å². The number of ether oxygens (including phenoxy) is 3. The van der Waals surface area contributed by atoms with E-state index < -0.39 is 29.5 Å². The fraction of sp³-hybridized carbons (Fsp3) is 0.263. The molecular formula is C19H20N2O7. The zero-order valence-electron chi connectivity index (χ0n) is 15.4. The molecule has 28 heavy (non-hydrogen) atoms. The number of carbonyl (C=O) groups excluding carboxylic acids is 2. The number of benzene rings is 2. The Morgan fingerprint density at radius 1 is 1.11 bits per heavy atom. The van der Waals surface area contributed by atoms with Gasteiger partial charge in [-0.1, -0.05) is 12.1 Å². The standard InChI is InChI=1S/C19H20N2O7/c1-3-26-17-7-5-4-6-16(17)20-19(23)13(2)28-18(22)12-27-15-10-8-14(9-11-15)21(24)25/h4-11,13H,3,12H2,1-2H3,(H,20,23)/t13-/m0/s1. The minimum atomic E-state index is -1.05. The van der Waals surface area contributed by atoms with Crippen LogP contribution in [0.1, 0.15) is 13.8 Å². The van der Waals surface area contributed by atoms with Crippen LogP contribution in [-0.2, 0) is 14.3 Å². The summed E-state index contributed by atoms with van der Waals surface area (Å²) in [6.07, 6.45) is -1.05. The number of para-hydroxylation sites is 2. The highest BCUT2D eigenvalue weighted by Gasteiger charge is 2.19. The van der Waals surface area contributed by atoms with Crippen molar-refractivity contribution in [3.63, 3.8) is 0 Å². The fourth-order valence-corrected chi connectivity index (χ4v) is 2.18. The number of non-ortho nitro benzene ring substituents is 1. The zero-order chi connectivity index (χ0) is 20.5. The monoisotopic (exact) mass is 388 g/mol. The lowest BCUT2D eigenvalue weighted by Gasteiger charge is -2.15. The van der Waals surface area contributed by atoms with Crippen LogP contribution < -0.4 is 14.8 Å². The molecule has 9 nitrogen and oxygen atoms in total. The Kier molecular flexibility index (Phi) is 7.32. The highest BCUT2D eigenvalue weighted by atomic mass is 16.6. The van der Waals surface area contributed by atoms with Gasteiger partial charge in [0, 0.05) is 12.1 Å². The van der Waals surface area contributed by atoms with Gasteiger partial charge in [0.15, 0.2) is 12.7 Å². The van der Waals surface area contributed by atoms with Crippen molar-refractivity contribution >= 4 is 23.3 Å². The molecule has 0 radical (unpaired) electrons. The van der Waals surface area contributed by atoms with E-state index >= 15 is 0 Å². The van der Waals surface area contributed by atoms with Gasteiger partial charge in [-0.15, -0.1) is 0 Å². The highest BCUT2D eigenvalue weighted by molar-refractivity contribution is 5.96. The lowest BCUT2D eigenvalue weighted by Crippen LogP contribution is -2.31. The van der Waals surface area contributed by atoms with Crippen LogP contribution in [0.5, 0.6) is 11.5 Å². The second kappa shape index (κ2) is 9.91. The summed E-state index contributed by atoms with van der Waals surface area (Å²) in [5.41, 5.74) is 0.381. The summed E-state index contributed by atoms with van der Waals surface area (Å²) in [5.74, 6) is -0.487. The number of rotatable bonds is 9. The molecule has 0 aliphatic carbocycles. The molecule has 0 aliphatic rings. The van der Waals surface area contributed by atoms with Gasteiger partial charge in [0.05, 0.1) is 17.2 Å². The second-order valence-electron chi connectivity index (χ2n) is 5.59. The lowest BCUT2D eigenvalue weighted by molar-refractivity contribution is -0.384. The molecule has 0 unspecified atom stereocenters. The Labute approximate surface area is 161 Å². The summed E-state index contributed by atoms with van der Waals surface area (Å²) in [5, 5.41) is 13.2. The van der Waals surface area contributed by atoms with Crippen LogP contribution in [0, 0.1) is 10.1 Å². The van der Waals surface area contributed by atoms with E-state index in [1.54, 1.807) is 24.3 Å². The normalized spacial score (nSPS) is 11.2. The summed E-state index contributed by atoms with van der Waals surface area (Å²) < 4.78 is 15.7. The van der Waals surface area contributed by atoms with E-state index in [0.29, 0.717) is 18.0 Å². The maximum absolute atomic E-state index is 12.2. The average molecular weight is 388 g/mol. The van der Waals surface area contributed by atoms with E-state index in [4.69, 9.17) is 14.2 Å². The van der Waals surface area contributed by atoms with E-state index in [1.807, 2.05) is 6.92 Å². The lowest BCUT2D eigenvalue weighted by atomic mass is 10.2. The maximum atomic E-state index is 12.2. The Balaban J connectivity index is 1.84. The topological polar surface area (TPSA) is 117 Å². The first kappa shape index (κ1) is 20.7. The van der Waals surface area contributed by atoms with Gasteiger partial charge in [-0.25, -0.2) is 4.79 Å². The summed E-state index contributed by atoms with van der Waals surface area (Å²) in [4.78, 5) is 34.2. The molecule has 0 spiro atoms. The van der Waals surface area contributed by atoms with Crippen LogP contribution in [0.15, 0.2) is 48.5 Å².